The Hall–Kier alpha value is -2.16. The summed E-state index contributed by atoms with van der Waals surface area (Å²) in [6, 6.07) is 12.2. The summed E-state index contributed by atoms with van der Waals surface area (Å²) in [7, 11) is 0. The molecule has 0 radical (unpaired) electrons. The quantitative estimate of drug-likeness (QED) is 0.904. The Bertz CT molecular complexity index is 614. The molecule has 21 heavy (non-hydrogen) atoms. The molecule has 0 aliphatic carbocycles. The van der Waals surface area contributed by atoms with E-state index in [0.29, 0.717) is 12.1 Å². The fourth-order valence-electron chi connectivity index (χ4n) is 2.36. The molecule has 1 N–H and O–H groups in total. The van der Waals surface area contributed by atoms with E-state index in [1.165, 1.54) is 12.1 Å². The number of hydrogen-bond acceptors (Lipinski definition) is 1. The lowest BCUT2D eigenvalue weighted by molar-refractivity contribution is 0.0951. The highest BCUT2D eigenvalue weighted by molar-refractivity contribution is 5.94. The molecule has 2 nitrogen and oxygen atoms in total. The predicted octanol–water partition coefficient (Wildman–Crippen LogP) is 3.98. The SMILES string of the molecule is Cc1cc(C)cc(C(=O)NCC(C)c2ccc(F)cc2)c1. The van der Waals surface area contributed by atoms with Crippen molar-refractivity contribution in [2.75, 3.05) is 6.54 Å². The van der Waals surface area contributed by atoms with Crippen molar-refractivity contribution in [2.45, 2.75) is 26.7 Å². The number of carbonyl (C=O) groups is 1. The Kier molecular flexibility index (Phi) is 4.73. The van der Waals surface area contributed by atoms with Crippen LogP contribution in [0.3, 0.4) is 0 Å². The third-order valence-electron chi connectivity index (χ3n) is 3.49. The Morgan fingerprint density at radius 2 is 1.67 bits per heavy atom. The van der Waals surface area contributed by atoms with Crippen LogP contribution >= 0.6 is 0 Å². The van der Waals surface area contributed by atoms with Gasteiger partial charge in [0.1, 0.15) is 5.82 Å². The zero-order chi connectivity index (χ0) is 15.4. The van der Waals surface area contributed by atoms with Crippen LogP contribution < -0.4 is 5.32 Å². The van der Waals surface area contributed by atoms with Gasteiger partial charge in [-0.15, -0.1) is 0 Å². The molecule has 3 heteroatoms. The molecule has 2 aromatic carbocycles. The molecule has 0 saturated heterocycles. The van der Waals surface area contributed by atoms with Gasteiger partial charge in [0.2, 0.25) is 0 Å². The zero-order valence-corrected chi connectivity index (χ0v) is 12.6. The third kappa shape index (κ3) is 4.15. The molecule has 1 amide bonds. The van der Waals surface area contributed by atoms with E-state index in [4.69, 9.17) is 0 Å². The molecule has 0 aromatic heterocycles. The first-order chi connectivity index (χ1) is 9.95. The van der Waals surface area contributed by atoms with E-state index in [2.05, 4.69) is 5.32 Å². The number of aryl methyl sites for hydroxylation is 2. The van der Waals surface area contributed by atoms with Crippen LogP contribution in [-0.4, -0.2) is 12.5 Å². The summed E-state index contributed by atoms with van der Waals surface area (Å²) < 4.78 is 12.9. The number of rotatable bonds is 4. The summed E-state index contributed by atoms with van der Waals surface area (Å²) in [6.07, 6.45) is 0. The minimum absolute atomic E-state index is 0.0734. The summed E-state index contributed by atoms with van der Waals surface area (Å²) >= 11 is 0. The monoisotopic (exact) mass is 285 g/mol. The number of nitrogens with one attached hydrogen (secondary N) is 1. The van der Waals surface area contributed by atoms with Crippen LogP contribution in [0.5, 0.6) is 0 Å². The second kappa shape index (κ2) is 6.53. The lowest BCUT2D eigenvalue weighted by Crippen LogP contribution is -2.27. The molecule has 0 saturated carbocycles. The normalized spacial score (nSPS) is 12.0. The van der Waals surface area contributed by atoms with Gasteiger partial charge in [-0.25, -0.2) is 4.39 Å². The van der Waals surface area contributed by atoms with Crippen LogP contribution in [0.2, 0.25) is 0 Å². The molecular formula is C18H20FNO. The molecule has 2 rings (SSSR count). The van der Waals surface area contributed by atoms with E-state index in [9.17, 15) is 9.18 Å². The smallest absolute Gasteiger partial charge is 0.251 e. The van der Waals surface area contributed by atoms with Crippen LogP contribution in [0.15, 0.2) is 42.5 Å². The van der Waals surface area contributed by atoms with Crippen LogP contribution in [-0.2, 0) is 0 Å². The molecule has 0 fully saturated rings. The van der Waals surface area contributed by atoms with Crippen LogP contribution in [0.1, 0.15) is 39.9 Å². The van der Waals surface area contributed by atoms with Crippen molar-refractivity contribution in [3.8, 4) is 0 Å². The first-order valence-electron chi connectivity index (χ1n) is 7.07. The second-order valence-corrected chi connectivity index (χ2v) is 5.54. The maximum Gasteiger partial charge on any atom is 0.251 e. The minimum atomic E-state index is -0.245. The number of benzene rings is 2. The Morgan fingerprint density at radius 1 is 1.10 bits per heavy atom. The summed E-state index contributed by atoms with van der Waals surface area (Å²) in [5, 5.41) is 2.93. The third-order valence-corrected chi connectivity index (χ3v) is 3.49. The van der Waals surface area contributed by atoms with Crippen LogP contribution in [0.25, 0.3) is 0 Å². The number of amides is 1. The van der Waals surface area contributed by atoms with Crippen LogP contribution in [0.4, 0.5) is 4.39 Å². The predicted molar refractivity (Wildman–Crippen MR) is 83.1 cm³/mol. The minimum Gasteiger partial charge on any atom is -0.351 e. The van der Waals surface area contributed by atoms with Gasteiger partial charge in [0.25, 0.3) is 5.91 Å². The van der Waals surface area contributed by atoms with Gasteiger partial charge in [0.15, 0.2) is 0 Å². The molecule has 0 aliphatic heterocycles. The van der Waals surface area contributed by atoms with Gasteiger partial charge in [-0.1, -0.05) is 36.2 Å². The second-order valence-electron chi connectivity index (χ2n) is 5.54. The lowest BCUT2D eigenvalue weighted by Gasteiger charge is -2.13. The largest absolute Gasteiger partial charge is 0.351 e. The molecule has 1 atom stereocenters. The summed E-state index contributed by atoms with van der Waals surface area (Å²) in [6.45, 7) is 6.49. The van der Waals surface area contributed by atoms with Crippen molar-refractivity contribution < 1.29 is 9.18 Å². The van der Waals surface area contributed by atoms with Gasteiger partial charge in [-0.2, -0.15) is 0 Å². The van der Waals surface area contributed by atoms with Gasteiger partial charge in [-0.05, 0) is 49.6 Å². The van der Waals surface area contributed by atoms with Crippen LogP contribution in [0, 0.1) is 19.7 Å². The summed E-state index contributed by atoms with van der Waals surface area (Å²) in [4.78, 5) is 12.2. The van der Waals surface area contributed by atoms with E-state index in [0.717, 1.165) is 16.7 Å². The molecule has 0 heterocycles. The van der Waals surface area contributed by atoms with Crippen molar-refractivity contribution in [3.63, 3.8) is 0 Å². The fraction of sp³-hybridized carbons (Fsp3) is 0.278. The van der Waals surface area contributed by atoms with Gasteiger partial charge >= 0.3 is 0 Å². The highest BCUT2D eigenvalue weighted by Crippen LogP contribution is 2.15. The number of halogens is 1. The number of hydrogen-bond donors (Lipinski definition) is 1. The topological polar surface area (TPSA) is 29.1 Å². The molecule has 0 spiro atoms. The Labute approximate surface area is 125 Å². The van der Waals surface area contributed by atoms with Crippen molar-refractivity contribution >= 4 is 5.91 Å². The van der Waals surface area contributed by atoms with Crippen molar-refractivity contribution in [2.24, 2.45) is 0 Å². The first kappa shape index (κ1) is 15.2. The molecular weight excluding hydrogens is 265 g/mol. The Morgan fingerprint density at radius 3 is 2.24 bits per heavy atom. The fourth-order valence-corrected chi connectivity index (χ4v) is 2.36. The van der Waals surface area contributed by atoms with Crippen molar-refractivity contribution in [1.29, 1.82) is 0 Å². The van der Waals surface area contributed by atoms with E-state index >= 15 is 0 Å². The average Bonchev–Trinajstić information content (AvgIpc) is 2.44. The lowest BCUT2D eigenvalue weighted by atomic mass is 10.0. The highest BCUT2D eigenvalue weighted by Gasteiger charge is 2.10. The maximum absolute atomic E-state index is 12.9. The van der Waals surface area contributed by atoms with Crippen molar-refractivity contribution in [1.82, 2.24) is 5.32 Å². The Balaban J connectivity index is 1.98. The van der Waals surface area contributed by atoms with E-state index in [1.807, 2.05) is 39.0 Å². The van der Waals surface area contributed by atoms with Gasteiger partial charge < -0.3 is 5.32 Å². The molecule has 0 bridgehead atoms. The zero-order valence-electron chi connectivity index (χ0n) is 12.6. The summed E-state index contributed by atoms with van der Waals surface area (Å²) in [5.41, 5.74) is 3.84. The standard InChI is InChI=1S/C18H20FNO/c1-12-8-13(2)10-16(9-12)18(21)20-11-14(3)15-4-6-17(19)7-5-15/h4-10,14H,11H2,1-3H3,(H,20,21). The number of carbonyl (C=O) groups excluding carboxylic acids is 1. The van der Waals surface area contributed by atoms with Gasteiger partial charge in [0.05, 0.1) is 0 Å². The molecule has 1 unspecified atom stereocenters. The van der Waals surface area contributed by atoms with E-state index in [-0.39, 0.29) is 17.6 Å². The molecule has 0 aliphatic rings. The summed E-state index contributed by atoms with van der Waals surface area (Å²) in [5.74, 6) is -0.179. The molecule has 110 valence electrons. The highest BCUT2D eigenvalue weighted by atomic mass is 19.1. The van der Waals surface area contributed by atoms with E-state index < -0.39 is 0 Å². The van der Waals surface area contributed by atoms with Crippen molar-refractivity contribution in [3.05, 3.63) is 70.5 Å². The maximum atomic E-state index is 12.9. The average molecular weight is 285 g/mol. The van der Waals surface area contributed by atoms with Gasteiger partial charge in [-0.3, -0.25) is 4.79 Å². The van der Waals surface area contributed by atoms with Gasteiger partial charge in [0, 0.05) is 12.1 Å². The first-order valence-corrected chi connectivity index (χ1v) is 7.07. The molecule has 2 aromatic rings. The van der Waals surface area contributed by atoms with E-state index in [1.54, 1.807) is 12.1 Å².